The highest BCUT2D eigenvalue weighted by Crippen LogP contribution is 2.32. The number of carbonyl (C=O) groups excluding carboxylic acids is 1. The summed E-state index contributed by atoms with van der Waals surface area (Å²) >= 11 is 6.05. The number of hydrogen-bond acceptors (Lipinski definition) is 3. The van der Waals surface area contributed by atoms with E-state index >= 15 is 0 Å². The van der Waals surface area contributed by atoms with E-state index in [1.807, 2.05) is 6.92 Å². The van der Waals surface area contributed by atoms with E-state index in [0.717, 1.165) is 18.4 Å². The molecule has 0 radical (unpaired) electrons. The number of rotatable bonds is 3. The van der Waals surface area contributed by atoms with E-state index in [1.165, 1.54) is 6.26 Å². The van der Waals surface area contributed by atoms with E-state index in [0.29, 0.717) is 23.4 Å². The molecule has 3 nitrogen and oxygen atoms in total. The van der Waals surface area contributed by atoms with E-state index in [4.69, 9.17) is 11.6 Å². The fraction of sp³-hybridized carbons (Fsp3) is 0.533. The Balaban J connectivity index is 2.23. The molecule has 1 aliphatic rings. The number of ketones is 1. The monoisotopic (exact) mass is 314 g/mol. The van der Waals surface area contributed by atoms with Crippen LogP contribution in [0.25, 0.3) is 0 Å². The van der Waals surface area contributed by atoms with Crippen LogP contribution >= 0.6 is 11.6 Å². The average Bonchev–Trinajstić information content (AvgIpc) is 2.40. The second-order valence-corrected chi connectivity index (χ2v) is 8.32. The molecule has 110 valence electrons. The molecular formula is C15H19ClO3S. The van der Waals surface area contributed by atoms with Crippen LogP contribution in [0.5, 0.6) is 0 Å². The minimum atomic E-state index is -3.07. The van der Waals surface area contributed by atoms with E-state index < -0.39 is 9.84 Å². The van der Waals surface area contributed by atoms with Gasteiger partial charge in [-0.05, 0) is 37.8 Å². The SMILES string of the molecule is Cc1c(Cl)cccc1C(=O)C1CCCC(S(C)(=O)=O)C1. The molecule has 2 rings (SSSR count). The molecule has 0 amide bonds. The zero-order valence-electron chi connectivity index (χ0n) is 11.7. The summed E-state index contributed by atoms with van der Waals surface area (Å²) in [6.07, 6.45) is 3.90. The van der Waals surface area contributed by atoms with Gasteiger partial charge < -0.3 is 0 Å². The van der Waals surface area contributed by atoms with Crippen LogP contribution in [-0.2, 0) is 9.84 Å². The third kappa shape index (κ3) is 3.23. The summed E-state index contributed by atoms with van der Waals surface area (Å²) in [4.78, 5) is 12.6. The summed E-state index contributed by atoms with van der Waals surface area (Å²) in [7, 11) is -3.07. The van der Waals surface area contributed by atoms with Crippen LogP contribution < -0.4 is 0 Å². The minimum Gasteiger partial charge on any atom is -0.294 e. The molecule has 2 atom stereocenters. The van der Waals surface area contributed by atoms with E-state index in [1.54, 1.807) is 18.2 Å². The van der Waals surface area contributed by atoms with Gasteiger partial charge in [0.05, 0.1) is 5.25 Å². The first-order chi connectivity index (χ1) is 9.30. The van der Waals surface area contributed by atoms with Crippen molar-refractivity contribution in [3.05, 3.63) is 34.3 Å². The first kappa shape index (κ1) is 15.5. The van der Waals surface area contributed by atoms with Crippen molar-refractivity contribution in [2.24, 2.45) is 5.92 Å². The van der Waals surface area contributed by atoms with E-state index in [9.17, 15) is 13.2 Å². The number of Topliss-reactive ketones (excluding diaryl/α,β-unsaturated/α-hetero) is 1. The highest BCUT2D eigenvalue weighted by Gasteiger charge is 2.33. The second kappa shape index (κ2) is 5.86. The lowest BCUT2D eigenvalue weighted by Crippen LogP contribution is -2.31. The Bertz CT molecular complexity index is 622. The Kier molecular flexibility index (Phi) is 4.55. The van der Waals surface area contributed by atoms with Crippen molar-refractivity contribution < 1.29 is 13.2 Å². The third-order valence-corrected chi connectivity index (χ3v) is 6.18. The number of hydrogen-bond donors (Lipinski definition) is 0. The Morgan fingerprint density at radius 3 is 2.65 bits per heavy atom. The Morgan fingerprint density at radius 2 is 2.00 bits per heavy atom. The zero-order chi connectivity index (χ0) is 14.9. The van der Waals surface area contributed by atoms with Crippen molar-refractivity contribution in [2.75, 3.05) is 6.26 Å². The van der Waals surface area contributed by atoms with Gasteiger partial charge in [0.15, 0.2) is 5.78 Å². The van der Waals surface area contributed by atoms with Gasteiger partial charge in [0.25, 0.3) is 0 Å². The molecule has 0 spiro atoms. The fourth-order valence-electron chi connectivity index (χ4n) is 2.87. The summed E-state index contributed by atoms with van der Waals surface area (Å²) in [6, 6.07) is 5.29. The Labute approximate surface area is 125 Å². The highest BCUT2D eigenvalue weighted by molar-refractivity contribution is 7.91. The van der Waals surface area contributed by atoms with Gasteiger partial charge in [0.2, 0.25) is 0 Å². The summed E-state index contributed by atoms with van der Waals surface area (Å²) in [5.41, 5.74) is 1.40. The number of benzene rings is 1. The molecule has 0 bridgehead atoms. The number of sulfone groups is 1. The minimum absolute atomic E-state index is 0.0263. The van der Waals surface area contributed by atoms with Crippen LogP contribution in [0.4, 0.5) is 0 Å². The van der Waals surface area contributed by atoms with Crippen molar-refractivity contribution in [3.8, 4) is 0 Å². The highest BCUT2D eigenvalue weighted by atomic mass is 35.5. The Hall–Kier alpha value is -0.870. The average molecular weight is 315 g/mol. The quantitative estimate of drug-likeness (QED) is 0.803. The molecule has 1 aromatic carbocycles. The molecule has 5 heteroatoms. The van der Waals surface area contributed by atoms with Crippen LogP contribution in [0.1, 0.15) is 41.6 Å². The molecule has 0 aromatic heterocycles. The predicted octanol–water partition coefficient (Wildman–Crippen LogP) is 3.43. The summed E-state index contributed by atoms with van der Waals surface area (Å²) in [5.74, 6) is -0.181. The number of halogens is 1. The maximum Gasteiger partial charge on any atom is 0.166 e. The predicted molar refractivity (Wildman–Crippen MR) is 81.1 cm³/mol. The van der Waals surface area contributed by atoms with Crippen LogP contribution in [-0.4, -0.2) is 25.7 Å². The molecule has 0 aliphatic heterocycles. The molecular weight excluding hydrogens is 296 g/mol. The van der Waals surface area contributed by atoms with Crippen molar-refractivity contribution in [2.45, 2.75) is 37.9 Å². The van der Waals surface area contributed by atoms with Gasteiger partial charge in [-0.1, -0.05) is 30.2 Å². The van der Waals surface area contributed by atoms with Crippen LogP contribution in [0, 0.1) is 12.8 Å². The van der Waals surface area contributed by atoms with Crippen LogP contribution in [0.2, 0.25) is 5.02 Å². The third-order valence-electron chi connectivity index (χ3n) is 4.14. The summed E-state index contributed by atoms with van der Waals surface area (Å²) in [6.45, 7) is 1.83. The van der Waals surface area contributed by atoms with Crippen LogP contribution in [0.15, 0.2) is 18.2 Å². The summed E-state index contributed by atoms with van der Waals surface area (Å²) in [5, 5.41) is 0.191. The molecule has 1 fully saturated rings. The number of carbonyl (C=O) groups is 1. The van der Waals surface area contributed by atoms with Crippen LogP contribution in [0.3, 0.4) is 0 Å². The molecule has 20 heavy (non-hydrogen) atoms. The largest absolute Gasteiger partial charge is 0.294 e. The zero-order valence-corrected chi connectivity index (χ0v) is 13.3. The summed E-state index contributed by atoms with van der Waals surface area (Å²) < 4.78 is 23.4. The molecule has 0 N–H and O–H groups in total. The second-order valence-electron chi connectivity index (χ2n) is 5.59. The normalized spacial score (nSPS) is 23.6. The van der Waals surface area contributed by atoms with E-state index in [2.05, 4.69) is 0 Å². The standard InChI is InChI=1S/C15H19ClO3S/c1-10-13(7-4-8-14(10)16)15(17)11-5-3-6-12(9-11)20(2,18)19/h4,7-8,11-12H,3,5-6,9H2,1-2H3. The smallest absolute Gasteiger partial charge is 0.166 e. The first-order valence-electron chi connectivity index (χ1n) is 6.79. The molecule has 1 aliphatic carbocycles. The molecule has 1 aromatic rings. The van der Waals surface area contributed by atoms with Crippen molar-refractivity contribution in [3.63, 3.8) is 0 Å². The van der Waals surface area contributed by atoms with Crippen molar-refractivity contribution >= 4 is 27.2 Å². The molecule has 2 unspecified atom stereocenters. The lowest BCUT2D eigenvalue weighted by atomic mass is 9.82. The maximum absolute atomic E-state index is 12.6. The molecule has 0 heterocycles. The van der Waals surface area contributed by atoms with E-state index in [-0.39, 0.29) is 17.0 Å². The van der Waals surface area contributed by atoms with Gasteiger partial charge in [-0.15, -0.1) is 0 Å². The van der Waals surface area contributed by atoms with Gasteiger partial charge in [-0.25, -0.2) is 8.42 Å². The first-order valence-corrected chi connectivity index (χ1v) is 9.12. The molecule has 1 saturated carbocycles. The maximum atomic E-state index is 12.6. The molecule has 0 saturated heterocycles. The van der Waals surface area contributed by atoms with Crippen molar-refractivity contribution in [1.29, 1.82) is 0 Å². The van der Waals surface area contributed by atoms with Gasteiger partial charge in [0.1, 0.15) is 9.84 Å². The Morgan fingerprint density at radius 1 is 1.30 bits per heavy atom. The van der Waals surface area contributed by atoms with Crippen molar-refractivity contribution in [1.82, 2.24) is 0 Å². The topological polar surface area (TPSA) is 51.2 Å². The van der Waals surface area contributed by atoms with Gasteiger partial charge in [-0.3, -0.25) is 4.79 Å². The van der Waals surface area contributed by atoms with Gasteiger partial charge in [-0.2, -0.15) is 0 Å². The van der Waals surface area contributed by atoms with Gasteiger partial charge in [0, 0.05) is 22.8 Å². The lowest BCUT2D eigenvalue weighted by Gasteiger charge is -2.27. The fourth-order valence-corrected chi connectivity index (χ4v) is 4.22. The van der Waals surface area contributed by atoms with Gasteiger partial charge >= 0.3 is 0 Å². The lowest BCUT2D eigenvalue weighted by molar-refractivity contribution is 0.0890.